The van der Waals surface area contributed by atoms with Crippen LogP contribution in [-0.2, 0) is 9.53 Å². The summed E-state index contributed by atoms with van der Waals surface area (Å²) in [5.41, 5.74) is 11.3. The Hall–Kier alpha value is -2.88. The number of ether oxygens (including phenoxy) is 1. The first-order valence-corrected chi connectivity index (χ1v) is 10.7. The van der Waals surface area contributed by atoms with Crippen molar-refractivity contribution in [3.05, 3.63) is 66.0 Å². The Morgan fingerprint density at radius 3 is 2.17 bits per heavy atom. The van der Waals surface area contributed by atoms with Crippen LogP contribution in [0.5, 0.6) is 0 Å². The van der Waals surface area contributed by atoms with Crippen LogP contribution < -0.4 is 5.73 Å². The zero-order valence-corrected chi connectivity index (χ0v) is 19.9. The molecule has 1 aromatic heterocycles. The number of benzene rings is 1. The lowest BCUT2D eigenvalue weighted by Crippen LogP contribution is -2.15. The number of hydrogen-bond donors (Lipinski definition) is 1. The highest BCUT2D eigenvalue weighted by molar-refractivity contribution is 5.99. The normalized spacial score (nSPS) is 11.6. The number of methoxy groups -OCH3 is 1. The van der Waals surface area contributed by atoms with Crippen molar-refractivity contribution in [2.75, 3.05) is 7.11 Å². The molecule has 30 heavy (non-hydrogen) atoms. The number of carbonyl (C=O) groups is 1. The molecule has 1 atom stereocenters. The number of allylic oxidation sites excluding steroid dienone is 1. The van der Waals surface area contributed by atoms with Gasteiger partial charge in [-0.3, -0.25) is 4.98 Å². The molecule has 1 heterocycles. The van der Waals surface area contributed by atoms with Crippen LogP contribution in [0.1, 0.15) is 66.1 Å². The summed E-state index contributed by atoms with van der Waals surface area (Å²) in [5.74, 6) is -0.291. The average molecular weight is 411 g/mol. The molecule has 2 rings (SSSR count). The first kappa shape index (κ1) is 27.1. The highest BCUT2D eigenvalue weighted by Crippen LogP contribution is 2.34. The van der Waals surface area contributed by atoms with E-state index >= 15 is 0 Å². The molecule has 1 unspecified atom stereocenters. The molecule has 2 N–H and O–H groups in total. The quantitative estimate of drug-likeness (QED) is 0.424. The van der Waals surface area contributed by atoms with Crippen LogP contribution in [0.4, 0.5) is 0 Å². The number of esters is 1. The maximum absolute atomic E-state index is 12.4. The maximum Gasteiger partial charge on any atom is 0.334 e. The minimum atomic E-state index is -0.336. The summed E-state index contributed by atoms with van der Waals surface area (Å²) in [6.45, 7) is 17.9. The second-order valence-electron chi connectivity index (χ2n) is 6.31. The van der Waals surface area contributed by atoms with Crippen LogP contribution >= 0.6 is 0 Å². The molecule has 0 saturated heterocycles. The summed E-state index contributed by atoms with van der Waals surface area (Å²) in [4.78, 5) is 16.9. The van der Waals surface area contributed by atoms with Crippen LogP contribution in [0.2, 0.25) is 0 Å². The molecule has 0 bridgehead atoms. The van der Waals surface area contributed by atoms with Gasteiger partial charge in [0.15, 0.2) is 0 Å². The first-order valence-electron chi connectivity index (χ1n) is 10.7. The monoisotopic (exact) mass is 410 g/mol. The van der Waals surface area contributed by atoms with Gasteiger partial charge >= 0.3 is 5.97 Å². The van der Waals surface area contributed by atoms with Gasteiger partial charge < -0.3 is 10.5 Å². The van der Waals surface area contributed by atoms with E-state index in [1.807, 2.05) is 84.9 Å². The molecule has 0 spiro atoms. The van der Waals surface area contributed by atoms with Gasteiger partial charge in [0.25, 0.3) is 0 Å². The standard InChI is InChI=1S/C22H26N2O2.2C2H6/c1-6-14(2)19(22(25)26-5)15(3)21-20(16(4)23)18(12-13-24-21)17-10-8-7-9-11-17;2*1-2/h7-14H,4,6,23H2,1-3,5H3;2*1-2H3/b19-15+;;. The van der Waals surface area contributed by atoms with Crippen LogP contribution in [-0.4, -0.2) is 18.1 Å². The van der Waals surface area contributed by atoms with E-state index < -0.39 is 0 Å². The van der Waals surface area contributed by atoms with Crippen LogP contribution in [0.15, 0.2) is 54.7 Å². The largest absolute Gasteiger partial charge is 0.466 e. The zero-order valence-electron chi connectivity index (χ0n) is 19.9. The average Bonchev–Trinajstić information content (AvgIpc) is 2.81. The summed E-state index contributed by atoms with van der Waals surface area (Å²) in [5, 5.41) is 0. The number of aromatic nitrogens is 1. The first-order chi connectivity index (χ1) is 14.4. The second-order valence-corrected chi connectivity index (χ2v) is 6.31. The van der Waals surface area contributed by atoms with Crippen molar-refractivity contribution in [1.82, 2.24) is 4.98 Å². The summed E-state index contributed by atoms with van der Waals surface area (Å²) in [6.07, 6.45) is 2.55. The molecule has 4 nitrogen and oxygen atoms in total. The van der Waals surface area contributed by atoms with Crippen molar-refractivity contribution in [2.45, 2.75) is 54.9 Å². The van der Waals surface area contributed by atoms with Crippen molar-refractivity contribution >= 4 is 17.2 Å². The fourth-order valence-electron chi connectivity index (χ4n) is 3.09. The van der Waals surface area contributed by atoms with E-state index in [-0.39, 0.29) is 11.9 Å². The van der Waals surface area contributed by atoms with Gasteiger partial charge in [0.1, 0.15) is 0 Å². The van der Waals surface area contributed by atoms with Gasteiger partial charge in [-0.25, -0.2) is 4.79 Å². The van der Waals surface area contributed by atoms with E-state index in [2.05, 4.69) is 11.6 Å². The Labute approximate surface area is 182 Å². The number of nitrogens with two attached hydrogens (primary N) is 1. The van der Waals surface area contributed by atoms with E-state index in [0.29, 0.717) is 17.0 Å². The van der Waals surface area contributed by atoms with Gasteiger partial charge in [-0.2, -0.15) is 0 Å². The van der Waals surface area contributed by atoms with Crippen LogP contribution in [0, 0.1) is 5.92 Å². The van der Waals surface area contributed by atoms with Gasteiger partial charge in [-0.1, -0.05) is 78.5 Å². The van der Waals surface area contributed by atoms with Gasteiger partial charge in [-0.15, -0.1) is 0 Å². The third-order valence-electron chi connectivity index (χ3n) is 4.63. The van der Waals surface area contributed by atoms with Crippen molar-refractivity contribution in [1.29, 1.82) is 0 Å². The highest BCUT2D eigenvalue weighted by Gasteiger charge is 2.23. The fourth-order valence-corrected chi connectivity index (χ4v) is 3.09. The van der Waals surface area contributed by atoms with E-state index in [0.717, 1.165) is 28.7 Å². The van der Waals surface area contributed by atoms with Crippen molar-refractivity contribution in [3.63, 3.8) is 0 Å². The SMILES string of the molecule is C=C(N)c1c(-c2ccccc2)ccnc1/C(C)=C(/C(=O)OC)C(C)CC.CC.CC. The summed E-state index contributed by atoms with van der Waals surface area (Å²) < 4.78 is 5.01. The Balaban J connectivity index is 0.00000198. The van der Waals surface area contributed by atoms with Gasteiger partial charge in [0.2, 0.25) is 0 Å². The Kier molecular flexibility index (Phi) is 12.8. The van der Waals surface area contributed by atoms with E-state index in [4.69, 9.17) is 10.5 Å². The van der Waals surface area contributed by atoms with Crippen LogP contribution in [0.3, 0.4) is 0 Å². The number of nitrogens with zero attached hydrogens (tertiary/aromatic N) is 1. The molecule has 2 aromatic rings. The van der Waals surface area contributed by atoms with E-state index in [9.17, 15) is 4.79 Å². The van der Waals surface area contributed by atoms with Gasteiger partial charge in [0.05, 0.1) is 12.8 Å². The summed E-state index contributed by atoms with van der Waals surface area (Å²) in [6, 6.07) is 11.9. The summed E-state index contributed by atoms with van der Waals surface area (Å²) in [7, 11) is 1.40. The van der Waals surface area contributed by atoms with Crippen molar-refractivity contribution in [2.24, 2.45) is 11.7 Å². The Morgan fingerprint density at radius 2 is 1.70 bits per heavy atom. The fraction of sp³-hybridized carbons (Fsp3) is 0.385. The number of pyridine rings is 1. The molecule has 164 valence electrons. The maximum atomic E-state index is 12.4. The van der Waals surface area contributed by atoms with Crippen LogP contribution in [0.25, 0.3) is 22.4 Å². The molecule has 0 amide bonds. The van der Waals surface area contributed by atoms with E-state index in [1.165, 1.54) is 7.11 Å². The molecular formula is C26H38N2O2. The zero-order chi connectivity index (χ0) is 23.3. The smallest absolute Gasteiger partial charge is 0.334 e. The molecular weight excluding hydrogens is 372 g/mol. The molecule has 0 aliphatic carbocycles. The molecule has 0 fully saturated rings. The van der Waals surface area contributed by atoms with Gasteiger partial charge in [0, 0.05) is 23.0 Å². The predicted molar refractivity (Wildman–Crippen MR) is 130 cm³/mol. The molecule has 0 saturated carbocycles. The van der Waals surface area contributed by atoms with Gasteiger partial charge in [-0.05, 0) is 42.0 Å². The lowest BCUT2D eigenvalue weighted by atomic mass is 9.88. The third-order valence-corrected chi connectivity index (χ3v) is 4.63. The van der Waals surface area contributed by atoms with E-state index in [1.54, 1.807) is 6.20 Å². The Bertz CT molecular complexity index is 839. The lowest BCUT2D eigenvalue weighted by molar-refractivity contribution is -0.136. The minimum Gasteiger partial charge on any atom is -0.466 e. The number of hydrogen-bond acceptors (Lipinski definition) is 4. The number of carbonyl (C=O) groups excluding carboxylic acids is 1. The van der Waals surface area contributed by atoms with Crippen molar-refractivity contribution in [3.8, 4) is 11.1 Å². The molecule has 1 aromatic carbocycles. The van der Waals surface area contributed by atoms with Crippen molar-refractivity contribution < 1.29 is 9.53 Å². The molecule has 0 radical (unpaired) electrons. The predicted octanol–water partition coefficient (Wildman–Crippen LogP) is 6.72. The molecule has 0 aliphatic rings. The third kappa shape index (κ3) is 6.58. The Morgan fingerprint density at radius 1 is 1.13 bits per heavy atom. The topological polar surface area (TPSA) is 65.2 Å². The molecule has 0 aliphatic heterocycles. The minimum absolute atomic E-state index is 0.0449. The highest BCUT2D eigenvalue weighted by atomic mass is 16.5. The lowest BCUT2D eigenvalue weighted by Gasteiger charge is -2.19. The second kappa shape index (κ2) is 14.2. The number of rotatable bonds is 6. The molecule has 4 heteroatoms. The summed E-state index contributed by atoms with van der Waals surface area (Å²) >= 11 is 0.